The minimum absolute atomic E-state index is 0.0390. The normalized spacial score (nSPS) is 15.8. The molecule has 3 aliphatic rings. The average molecular weight is 1500 g/mol. The highest BCUT2D eigenvalue weighted by molar-refractivity contribution is 6.15. The van der Waals surface area contributed by atoms with Crippen LogP contribution in [0.5, 0.6) is 17.2 Å². The fraction of sp³-hybridized carbons (Fsp3) is 0.462. The lowest BCUT2D eigenvalue weighted by Crippen LogP contribution is -2.28. The molecule has 0 saturated carbocycles. The van der Waals surface area contributed by atoms with Gasteiger partial charge in [-0.3, -0.25) is 29.7 Å². The van der Waals surface area contributed by atoms with Crippen LogP contribution >= 0.6 is 0 Å². The first kappa shape index (κ1) is 87.4. The first-order valence-corrected chi connectivity index (χ1v) is 40.7. The van der Waals surface area contributed by atoms with Crippen LogP contribution in [0.1, 0.15) is 339 Å². The molecule has 0 N–H and O–H groups in total. The summed E-state index contributed by atoms with van der Waals surface area (Å²) in [4.78, 5) is 44.6. The maximum absolute atomic E-state index is 14.9. The van der Waals surface area contributed by atoms with Crippen LogP contribution in [0.2, 0.25) is 0 Å². The summed E-state index contributed by atoms with van der Waals surface area (Å²) in [7, 11) is 0. The third kappa shape index (κ3) is 18.1. The van der Waals surface area contributed by atoms with Crippen molar-refractivity contribution >= 4 is 34.1 Å². The van der Waals surface area contributed by atoms with Gasteiger partial charge >= 0.3 is 0 Å². The maximum Gasteiger partial charge on any atom is 0.186 e. The van der Waals surface area contributed by atoms with Gasteiger partial charge in [-0.15, -0.1) is 0 Å². The van der Waals surface area contributed by atoms with E-state index in [2.05, 4.69) is 395 Å². The van der Waals surface area contributed by atoms with Crippen LogP contribution in [-0.2, 0) is 62.2 Å². The Labute approximate surface area is 676 Å². The van der Waals surface area contributed by atoms with Crippen LogP contribution in [0.15, 0.2) is 196 Å². The topological polar surface area (TPSA) is 111 Å². The van der Waals surface area contributed by atoms with Gasteiger partial charge in [0.05, 0.1) is 0 Å². The zero-order chi connectivity index (χ0) is 84.6. The van der Waals surface area contributed by atoms with Crippen molar-refractivity contribution in [2.45, 2.75) is 288 Å². The molecule has 0 saturated heterocycles. The molecule has 0 spiro atoms. The van der Waals surface area contributed by atoms with Gasteiger partial charge in [0, 0.05) is 72.7 Å². The Morgan fingerprint density at radius 3 is 0.473 bits per heavy atom. The first-order chi connectivity index (χ1) is 50.6. The molecule has 3 radical (unpaired) electrons. The smallest absolute Gasteiger partial charge is 0.186 e. The van der Waals surface area contributed by atoms with E-state index >= 15 is 0 Å². The lowest BCUT2D eigenvalue weighted by molar-refractivity contribution is -0.114. The van der Waals surface area contributed by atoms with Gasteiger partial charge in [0.2, 0.25) is 0 Å². The maximum atomic E-state index is 14.9. The van der Waals surface area contributed by atoms with E-state index in [0.717, 1.165) is 150 Å². The van der Waals surface area contributed by atoms with Crippen LogP contribution < -0.4 is 0 Å². The fourth-order valence-electron chi connectivity index (χ4n) is 15.9. The van der Waals surface area contributed by atoms with Crippen molar-refractivity contribution in [3.8, 4) is 17.2 Å². The van der Waals surface area contributed by atoms with Crippen molar-refractivity contribution in [3.63, 3.8) is 0 Å². The molecule has 0 heterocycles. The number of carbonyl (C=O) groups excluding carboxylic acids is 3. The molecule has 112 heavy (non-hydrogen) atoms. The Morgan fingerprint density at radius 1 is 0.205 bits per heavy atom. The lowest BCUT2D eigenvalue weighted by Gasteiger charge is -2.32. The molecule has 6 aromatic carbocycles. The molecule has 0 aromatic heterocycles. The zero-order valence-electron chi connectivity index (χ0n) is 75.4. The highest BCUT2D eigenvalue weighted by Crippen LogP contribution is 2.52. The summed E-state index contributed by atoms with van der Waals surface area (Å²) in [6, 6.07) is 39.3. The highest BCUT2D eigenvalue weighted by atomic mass is 16.3. The van der Waals surface area contributed by atoms with E-state index in [1.54, 1.807) is 0 Å². The second-order valence-corrected chi connectivity index (χ2v) is 44.8. The molecule has 0 amide bonds. The molecule has 593 valence electrons. The first-order valence-electron chi connectivity index (χ1n) is 40.7. The Bertz CT molecular complexity index is 4340. The predicted octanol–water partition coefficient (Wildman–Crippen LogP) is 29.1. The minimum atomic E-state index is -0.499. The molecule has 0 fully saturated rings. The molecule has 0 unspecified atom stereocenters. The van der Waals surface area contributed by atoms with Crippen LogP contribution in [0.25, 0.3) is 16.7 Å². The van der Waals surface area contributed by atoms with E-state index in [1.165, 1.54) is 0 Å². The minimum Gasteiger partial charge on any atom is -0.289 e. The third-order valence-corrected chi connectivity index (χ3v) is 22.6. The number of ketones is 3. The Morgan fingerprint density at radius 2 is 0.348 bits per heavy atom. The summed E-state index contributed by atoms with van der Waals surface area (Å²) in [5.41, 5.74) is 16.6. The molecule has 0 bridgehead atoms. The van der Waals surface area contributed by atoms with Gasteiger partial charge < -0.3 is 0 Å². The number of carbonyl (C=O) groups is 3. The molecule has 9 rings (SSSR count). The predicted molar refractivity (Wildman–Crippen MR) is 471 cm³/mol. The van der Waals surface area contributed by atoms with Gasteiger partial charge in [-0.1, -0.05) is 322 Å². The SMILES string of the molecule is CC(C)(C)C1=CC(=C(c2ccc(C(c3ccc(C(=C4C=C(C(C)(C)C)C(=O)C(C(C)(C)C)=C4)c4cc(C(C)(C)C)c([O])c(C(C)(C)C)c4)cc3)c3ccc(C(=C4C=C(C(C)(C)C)C(=O)C(C(C)(C)C)=C4)c4cc(C(C)(C)C)c([O])c(C(C)(C)C)c4)cc3)cc2)c2cc(C(C)(C)C)c([O])c(C(C)(C)C)c2)C=C(C(C)(C)C)C1=O. The quantitative estimate of drug-likeness (QED) is 0.134. The van der Waals surface area contributed by atoms with E-state index in [1.807, 2.05) is 0 Å². The zero-order valence-corrected chi connectivity index (χ0v) is 75.4. The van der Waals surface area contributed by atoms with Crippen molar-refractivity contribution in [3.05, 3.63) is 279 Å². The molecule has 6 nitrogen and oxygen atoms in total. The Hall–Kier alpha value is -8.61. The molecular weight excluding hydrogens is 1370 g/mol. The number of Topliss-reactive ketones (excluding diaryl/α,β-unsaturated/α-hetero) is 3. The molecule has 0 atom stereocenters. The van der Waals surface area contributed by atoms with Crippen molar-refractivity contribution in [2.24, 2.45) is 32.5 Å². The van der Waals surface area contributed by atoms with Gasteiger partial charge in [-0.25, -0.2) is 0 Å². The summed E-state index contributed by atoms with van der Waals surface area (Å²) in [6.07, 6.45) is 12.6. The summed E-state index contributed by atoms with van der Waals surface area (Å²) in [6.45, 7) is 75.8. The van der Waals surface area contributed by atoms with E-state index in [9.17, 15) is 29.7 Å². The number of hydrogen-bond donors (Lipinski definition) is 0. The summed E-state index contributed by atoms with van der Waals surface area (Å²) < 4.78 is 0. The molecular formula is C106H133O6. The van der Waals surface area contributed by atoms with Gasteiger partial charge in [-0.2, -0.15) is 0 Å². The standard InChI is InChI=1S/C106H133O6/c1-95(2,3)73-49-67(50-74(89(73)107)96(4,5)6)86(68-51-75(97(7,8)9)90(108)76(52-68)98(10,11)12)64-43-37-61(38-44-64)85(62-39-45-65(46-40-62)87(69-53-77(99(13,14)15)91(109)78(54-69)100(16,17)18)70-55-79(101(19,20)21)92(110)80(56-70)102(22,23)24)63-41-47-66(48-42-63)88(71-57-81(103(25,26)27)93(111)82(58-71)104(28,29)30)72-59-83(105(31,32)33)94(112)84(60-72)106(34,35)36/h37-60,85H,1-36H3. The van der Waals surface area contributed by atoms with Gasteiger partial charge in [-0.05, 0) is 221 Å². The van der Waals surface area contributed by atoms with Crippen LogP contribution in [0, 0.1) is 32.5 Å². The fourth-order valence-corrected chi connectivity index (χ4v) is 15.9. The third-order valence-electron chi connectivity index (χ3n) is 22.6. The summed E-state index contributed by atoms with van der Waals surface area (Å²) in [5.74, 6) is -0.149. The number of hydrogen-bond acceptors (Lipinski definition) is 3. The Kier molecular flexibility index (Phi) is 22.9. The van der Waals surface area contributed by atoms with E-state index in [-0.39, 0.29) is 40.5 Å². The van der Waals surface area contributed by atoms with Crippen molar-refractivity contribution in [2.75, 3.05) is 0 Å². The number of allylic oxidation sites excluding steroid dienone is 15. The van der Waals surface area contributed by atoms with Gasteiger partial charge in [0.15, 0.2) is 34.6 Å². The van der Waals surface area contributed by atoms with E-state index in [4.69, 9.17) is 0 Å². The van der Waals surface area contributed by atoms with Crippen LogP contribution in [0.3, 0.4) is 0 Å². The molecule has 6 heteroatoms. The van der Waals surface area contributed by atoms with Crippen LogP contribution in [0.4, 0.5) is 0 Å². The van der Waals surface area contributed by atoms with Crippen LogP contribution in [-0.4, -0.2) is 17.3 Å². The molecule has 0 aliphatic heterocycles. The second-order valence-electron chi connectivity index (χ2n) is 44.8. The average Bonchev–Trinajstić information content (AvgIpc) is 0.753. The summed E-state index contributed by atoms with van der Waals surface area (Å²) in [5, 5.41) is 44.6. The van der Waals surface area contributed by atoms with Crippen molar-refractivity contribution < 1.29 is 29.7 Å². The number of rotatable bonds is 9. The molecule has 6 aromatic rings. The molecule has 3 aliphatic carbocycles. The van der Waals surface area contributed by atoms with Crippen molar-refractivity contribution in [1.82, 2.24) is 0 Å². The Balaban J connectivity index is 1.43. The highest BCUT2D eigenvalue weighted by Gasteiger charge is 2.41. The second kappa shape index (κ2) is 29.3. The largest absolute Gasteiger partial charge is 0.289 e. The lowest BCUT2D eigenvalue weighted by atomic mass is 9.70. The van der Waals surface area contributed by atoms with Crippen molar-refractivity contribution in [1.29, 1.82) is 0 Å². The van der Waals surface area contributed by atoms with E-state index in [0.29, 0.717) is 0 Å². The van der Waals surface area contributed by atoms with Gasteiger partial charge in [0.25, 0.3) is 0 Å². The van der Waals surface area contributed by atoms with E-state index < -0.39 is 65.0 Å². The monoisotopic (exact) mass is 1500 g/mol. The summed E-state index contributed by atoms with van der Waals surface area (Å²) >= 11 is 0. The number of benzene rings is 6. The van der Waals surface area contributed by atoms with Gasteiger partial charge in [0.1, 0.15) is 0 Å².